The van der Waals surface area contributed by atoms with Gasteiger partial charge in [0.05, 0.1) is 19.9 Å². The molecule has 118 valence electrons. The van der Waals surface area contributed by atoms with Gasteiger partial charge < -0.3 is 14.6 Å². The second-order valence-electron chi connectivity index (χ2n) is 4.91. The number of ether oxygens (including phenoxy) is 2. The fraction of sp³-hybridized carbons (Fsp3) is 0.176. The fourth-order valence-corrected chi connectivity index (χ4v) is 2.39. The zero-order valence-corrected chi connectivity index (χ0v) is 12.9. The maximum atomic E-state index is 10.6. The van der Waals surface area contributed by atoms with Crippen molar-refractivity contribution in [2.45, 2.75) is 6.10 Å². The molecule has 1 heterocycles. The van der Waals surface area contributed by atoms with Crippen LogP contribution in [0.3, 0.4) is 0 Å². The van der Waals surface area contributed by atoms with Crippen molar-refractivity contribution in [3.63, 3.8) is 0 Å². The Morgan fingerprint density at radius 1 is 1.04 bits per heavy atom. The van der Waals surface area contributed by atoms with Crippen LogP contribution in [0, 0.1) is 0 Å². The molecule has 0 radical (unpaired) electrons. The van der Waals surface area contributed by atoms with E-state index in [9.17, 15) is 5.11 Å². The average Bonchev–Trinajstić information content (AvgIpc) is 3.10. The summed E-state index contributed by atoms with van der Waals surface area (Å²) in [6.45, 7) is 0. The van der Waals surface area contributed by atoms with Crippen LogP contribution in [0.5, 0.6) is 11.5 Å². The van der Waals surface area contributed by atoms with E-state index >= 15 is 0 Å². The number of rotatable bonds is 5. The lowest BCUT2D eigenvalue weighted by Gasteiger charge is -2.15. The van der Waals surface area contributed by atoms with Gasteiger partial charge >= 0.3 is 0 Å². The second-order valence-corrected chi connectivity index (χ2v) is 4.91. The lowest BCUT2D eigenvalue weighted by Crippen LogP contribution is -2.09. The molecule has 0 spiro atoms. The van der Waals surface area contributed by atoms with Crippen molar-refractivity contribution in [1.29, 1.82) is 0 Å². The molecule has 3 aromatic rings. The molecule has 0 amide bonds. The van der Waals surface area contributed by atoms with Crippen molar-refractivity contribution in [2.75, 3.05) is 14.2 Å². The molecule has 0 fully saturated rings. The zero-order valence-electron chi connectivity index (χ0n) is 12.9. The highest BCUT2D eigenvalue weighted by molar-refractivity contribution is 5.52. The van der Waals surface area contributed by atoms with E-state index in [0.29, 0.717) is 23.0 Å². The topological polar surface area (TPSA) is 69.4 Å². The molecule has 23 heavy (non-hydrogen) atoms. The van der Waals surface area contributed by atoms with Crippen LogP contribution in [0.4, 0.5) is 0 Å². The summed E-state index contributed by atoms with van der Waals surface area (Å²) in [6.07, 6.45) is 0.647. The predicted octanol–water partition coefficient (Wildman–Crippen LogP) is 2.37. The van der Waals surface area contributed by atoms with Crippen LogP contribution in [0.1, 0.15) is 17.5 Å². The van der Waals surface area contributed by atoms with Crippen LogP contribution in [0.15, 0.2) is 54.9 Å². The van der Waals surface area contributed by atoms with Gasteiger partial charge in [0.1, 0.15) is 23.9 Å². The summed E-state index contributed by atoms with van der Waals surface area (Å²) in [4.78, 5) is 0. The third kappa shape index (κ3) is 2.89. The van der Waals surface area contributed by atoms with E-state index in [0.717, 1.165) is 5.56 Å². The number of aromatic nitrogens is 3. The molecular formula is C17H17N3O3. The van der Waals surface area contributed by atoms with Crippen molar-refractivity contribution in [2.24, 2.45) is 0 Å². The lowest BCUT2D eigenvalue weighted by molar-refractivity contribution is 0.207. The summed E-state index contributed by atoms with van der Waals surface area (Å²) < 4.78 is 12.4. The monoisotopic (exact) mass is 311 g/mol. The summed E-state index contributed by atoms with van der Waals surface area (Å²) in [5.41, 5.74) is 1.44. The Balaban J connectivity index is 2.08. The Morgan fingerprint density at radius 3 is 2.52 bits per heavy atom. The normalized spacial score (nSPS) is 12.0. The molecule has 1 atom stereocenters. The van der Waals surface area contributed by atoms with E-state index in [1.165, 1.54) is 0 Å². The molecule has 2 aromatic carbocycles. The predicted molar refractivity (Wildman–Crippen MR) is 85.0 cm³/mol. The standard InChI is InChI=1S/C17H17N3O3/c1-22-13-8-9-15(23-2)14(10-13)20-11-18-19-17(20)16(21)12-6-4-3-5-7-12/h3-11,16,21H,1-2H3. The van der Waals surface area contributed by atoms with Gasteiger partial charge in [-0.25, -0.2) is 0 Å². The minimum atomic E-state index is -0.894. The van der Waals surface area contributed by atoms with Gasteiger partial charge in [-0.05, 0) is 17.7 Å². The highest BCUT2D eigenvalue weighted by Crippen LogP contribution is 2.30. The smallest absolute Gasteiger partial charge is 0.171 e. The summed E-state index contributed by atoms with van der Waals surface area (Å²) in [7, 11) is 3.18. The SMILES string of the molecule is COc1ccc(OC)c(-n2cnnc2C(O)c2ccccc2)c1. The highest BCUT2D eigenvalue weighted by atomic mass is 16.5. The van der Waals surface area contributed by atoms with Gasteiger partial charge in [-0.2, -0.15) is 0 Å². The number of hydrogen-bond donors (Lipinski definition) is 1. The lowest BCUT2D eigenvalue weighted by atomic mass is 10.1. The van der Waals surface area contributed by atoms with Crippen LogP contribution >= 0.6 is 0 Å². The minimum absolute atomic E-state index is 0.405. The molecule has 6 nitrogen and oxygen atoms in total. The van der Waals surface area contributed by atoms with E-state index in [-0.39, 0.29) is 0 Å². The fourth-order valence-electron chi connectivity index (χ4n) is 2.39. The first-order valence-electron chi connectivity index (χ1n) is 7.10. The minimum Gasteiger partial charge on any atom is -0.497 e. The van der Waals surface area contributed by atoms with Crippen LogP contribution in [-0.2, 0) is 0 Å². The maximum Gasteiger partial charge on any atom is 0.171 e. The Hall–Kier alpha value is -2.86. The quantitative estimate of drug-likeness (QED) is 0.783. The van der Waals surface area contributed by atoms with E-state index in [2.05, 4.69) is 10.2 Å². The first-order chi connectivity index (χ1) is 11.2. The molecule has 0 aliphatic rings. The van der Waals surface area contributed by atoms with Crippen LogP contribution in [0.2, 0.25) is 0 Å². The van der Waals surface area contributed by atoms with E-state index < -0.39 is 6.10 Å². The molecule has 0 saturated heterocycles. The third-order valence-electron chi connectivity index (χ3n) is 3.58. The number of benzene rings is 2. The molecule has 1 unspecified atom stereocenters. The first kappa shape index (κ1) is 15.1. The van der Waals surface area contributed by atoms with Gasteiger partial charge in [0, 0.05) is 6.07 Å². The highest BCUT2D eigenvalue weighted by Gasteiger charge is 2.20. The summed E-state index contributed by atoms with van der Waals surface area (Å²) in [5, 5.41) is 18.6. The summed E-state index contributed by atoms with van der Waals surface area (Å²) in [6, 6.07) is 14.7. The molecule has 6 heteroatoms. The van der Waals surface area contributed by atoms with Crippen LogP contribution in [-0.4, -0.2) is 34.1 Å². The molecule has 1 N–H and O–H groups in total. The Kier molecular flexibility index (Phi) is 4.25. The van der Waals surface area contributed by atoms with Gasteiger partial charge in [-0.1, -0.05) is 30.3 Å². The first-order valence-corrected chi connectivity index (χ1v) is 7.10. The molecule has 3 rings (SSSR count). The van der Waals surface area contributed by atoms with E-state index in [1.54, 1.807) is 37.2 Å². The second kappa shape index (κ2) is 6.50. The number of aliphatic hydroxyl groups excluding tert-OH is 1. The number of nitrogens with zero attached hydrogens (tertiary/aromatic N) is 3. The van der Waals surface area contributed by atoms with Crippen molar-refractivity contribution in [1.82, 2.24) is 14.8 Å². The van der Waals surface area contributed by atoms with Gasteiger partial charge in [0.25, 0.3) is 0 Å². The van der Waals surface area contributed by atoms with E-state index in [1.807, 2.05) is 36.4 Å². The van der Waals surface area contributed by atoms with Crippen molar-refractivity contribution >= 4 is 0 Å². The van der Waals surface area contributed by atoms with Crippen molar-refractivity contribution in [3.8, 4) is 17.2 Å². The Morgan fingerprint density at radius 2 is 1.83 bits per heavy atom. The van der Waals surface area contributed by atoms with Gasteiger partial charge in [-0.3, -0.25) is 4.57 Å². The molecule has 1 aromatic heterocycles. The zero-order chi connectivity index (χ0) is 16.2. The van der Waals surface area contributed by atoms with Crippen LogP contribution < -0.4 is 9.47 Å². The average molecular weight is 311 g/mol. The Bertz CT molecular complexity index is 787. The molecule has 0 aliphatic carbocycles. The summed E-state index contributed by atoms with van der Waals surface area (Å²) in [5.74, 6) is 1.71. The van der Waals surface area contributed by atoms with Gasteiger partial charge in [0.2, 0.25) is 0 Å². The van der Waals surface area contributed by atoms with Crippen LogP contribution in [0.25, 0.3) is 5.69 Å². The van der Waals surface area contributed by atoms with Gasteiger partial charge in [0.15, 0.2) is 5.82 Å². The maximum absolute atomic E-state index is 10.6. The van der Waals surface area contributed by atoms with Crippen molar-refractivity contribution < 1.29 is 14.6 Å². The molecule has 0 bridgehead atoms. The third-order valence-corrected chi connectivity index (χ3v) is 3.58. The Labute approximate surface area is 133 Å². The number of aliphatic hydroxyl groups is 1. The molecular weight excluding hydrogens is 294 g/mol. The largest absolute Gasteiger partial charge is 0.497 e. The number of hydrogen-bond acceptors (Lipinski definition) is 5. The van der Waals surface area contributed by atoms with E-state index in [4.69, 9.17) is 9.47 Å². The summed E-state index contributed by atoms with van der Waals surface area (Å²) >= 11 is 0. The van der Waals surface area contributed by atoms with Gasteiger partial charge in [-0.15, -0.1) is 10.2 Å². The molecule has 0 saturated carbocycles. The number of methoxy groups -OCH3 is 2. The molecule has 0 aliphatic heterocycles. The van der Waals surface area contributed by atoms with Crippen molar-refractivity contribution in [3.05, 3.63) is 66.2 Å².